The molecule has 1 aliphatic rings. The van der Waals surface area contributed by atoms with E-state index in [0.29, 0.717) is 6.54 Å². The summed E-state index contributed by atoms with van der Waals surface area (Å²) in [6.45, 7) is 5.55. The first-order valence-electron chi connectivity index (χ1n) is 4.88. The van der Waals surface area contributed by atoms with Crippen LogP contribution in [-0.2, 0) is 9.59 Å². The summed E-state index contributed by atoms with van der Waals surface area (Å²) in [6.07, 6.45) is 1.69. The van der Waals surface area contributed by atoms with E-state index in [1.54, 1.807) is 18.7 Å². The molecule has 4 heteroatoms. The summed E-state index contributed by atoms with van der Waals surface area (Å²) in [6, 6.07) is -0.155. The number of carboxylic acids is 1. The molecule has 0 aromatic heterocycles. The monoisotopic (exact) mass is 199 g/mol. The third-order valence-electron chi connectivity index (χ3n) is 3.04. The maximum Gasteiger partial charge on any atom is 0.311 e. The number of aliphatic carboxylic acids is 1. The van der Waals surface area contributed by atoms with Crippen molar-refractivity contribution in [1.29, 1.82) is 0 Å². The number of hydrogen-bond acceptors (Lipinski definition) is 2. The highest BCUT2D eigenvalue weighted by atomic mass is 16.4. The van der Waals surface area contributed by atoms with E-state index in [4.69, 9.17) is 5.11 Å². The molecule has 0 saturated carbocycles. The Morgan fingerprint density at radius 1 is 1.43 bits per heavy atom. The molecule has 0 aliphatic carbocycles. The zero-order valence-corrected chi connectivity index (χ0v) is 8.91. The number of hydrogen-bond donors (Lipinski definition) is 1. The maximum atomic E-state index is 11.3. The highest BCUT2D eigenvalue weighted by Crippen LogP contribution is 2.33. The Labute approximate surface area is 83.9 Å². The van der Waals surface area contributed by atoms with Gasteiger partial charge in [-0.3, -0.25) is 9.59 Å². The fourth-order valence-electron chi connectivity index (χ4n) is 2.04. The molecule has 1 amide bonds. The molecule has 0 aromatic carbocycles. The van der Waals surface area contributed by atoms with Crippen LogP contribution < -0.4 is 0 Å². The SMILES string of the molecule is CC(=O)N1CCCC1C(C)(C)C(=O)O. The smallest absolute Gasteiger partial charge is 0.311 e. The molecule has 80 valence electrons. The molecular formula is C10H17NO3. The van der Waals surface area contributed by atoms with E-state index < -0.39 is 11.4 Å². The number of nitrogens with zero attached hydrogens (tertiary/aromatic N) is 1. The highest BCUT2D eigenvalue weighted by Gasteiger charge is 2.43. The van der Waals surface area contributed by atoms with Crippen molar-refractivity contribution in [2.45, 2.75) is 39.7 Å². The fraction of sp³-hybridized carbons (Fsp3) is 0.800. The van der Waals surface area contributed by atoms with Gasteiger partial charge in [0.1, 0.15) is 0 Å². The van der Waals surface area contributed by atoms with Crippen LogP contribution in [-0.4, -0.2) is 34.5 Å². The minimum atomic E-state index is -0.845. The molecule has 0 aromatic rings. The first kappa shape index (κ1) is 11.0. The van der Waals surface area contributed by atoms with Gasteiger partial charge in [0.25, 0.3) is 0 Å². The fourth-order valence-corrected chi connectivity index (χ4v) is 2.04. The number of amides is 1. The summed E-state index contributed by atoms with van der Waals surface area (Å²) >= 11 is 0. The zero-order valence-electron chi connectivity index (χ0n) is 8.91. The Kier molecular flexibility index (Phi) is 2.83. The second kappa shape index (κ2) is 3.59. The number of carbonyl (C=O) groups excluding carboxylic acids is 1. The molecule has 14 heavy (non-hydrogen) atoms. The van der Waals surface area contributed by atoms with Gasteiger partial charge in [-0.2, -0.15) is 0 Å². The van der Waals surface area contributed by atoms with Crippen LogP contribution in [0.15, 0.2) is 0 Å². The van der Waals surface area contributed by atoms with Crippen LogP contribution in [0.4, 0.5) is 0 Å². The molecule has 1 N–H and O–H groups in total. The molecule has 1 aliphatic heterocycles. The average molecular weight is 199 g/mol. The topological polar surface area (TPSA) is 57.6 Å². The Bertz CT molecular complexity index is 260. The minimum Gasteiger partial charge on any atom is -0.481 e. The van der Waals surface area contributed by atoms with Gasteiger partial charge in [0.2, 0.25) is 5.91 Å². The van der Waals surface area contributed by atoms with Crippen LogP contribution in [0.3, 0.4) is 0 Å². The summed E-state index contributed by atoms with van der Waals surface area (Å²) < 4.78 is 0. The van der Waals surface area contributed by atoms with Crippen molar-refractivity contribution in [2.75, 3.05) is 6.54 Å². The van der Waals surface area contributed by atoms with Crippen LogP contribution in [0.2, 0.25) is 0 Å². The van der Waals surface area contributed by atoms with Crippen molar-refractivity contribution in [1.82, 2.24) is 4.90 Å². The highest BCUT2D eigenvalue weighted by molar-refractivity contribution is 5.78. The van der Waals surface area contributed by atoms with Crippen molar-refractivity contribution >= 4 is 11.9 Å². The largest absolute Gasteiger partial charge is 0.481 e. The number of likely N-dealkylation sites (tertiary alicyclic amines) is 1. The normalized spacial score (nSPS) is 22.5. The molecule has 1 rings (SSSR count). The first-order chi connectivity index (χ1) is 6.37. The van der Waals surface area contributed by atoms with Gasteiger partial charge in [-0.05, 0) is 26.7 Å². The summed E-state index contributed by atoms with van der Waals surface area (Å²) in [5.74, 6) is -0.863. The van der Waals surface area contributed by atoms with Crippen LogP contribution in [0, 0.1) is 5.41 Å². The lowest BCUT2D eigenvalue weighted by Gasteiger charge is -2.33. The van der Waals surface area contributed by atoms with Crippen LogP contribution in [0.25, 0.3) is 0 Å². The molecule has 0 spiro atoms. The third kappa shape index (κ3) is 1.74. The lowest BCUT2D eigenvalue weighted by molar-refractivity contribution is -0.152. The molecule has 0 radical (unpaired) electrons. The standard InChI is InChI=1S/C10H17NO3/c1-7(12)11-6-4-5-8(11)10(2,3)9(13)14/h8H,4-6H2,1-3H3,(H,13,14). The Balaban J connectivity index is 2.86. The van der Waals surface area contributed by atoms with E-state index in [1.165, 1.54) is 6.92 Å². The predicted octanol–water partition coefficient (Wildman–Crippen LogP) is 1.11. The van der Waals surface area contributed by atoms with E-state index in [9.17, 15) is 9.59 Å². The van der Waals surface area contributed by atoms with E-state index >= 15 is 0 Å². The number of carbonyl (C=O) groups is 2. The van der Waals surface area contributed by atoms with Crippen molar-refractivity contribution in [3.05, 3.63) is 0 Å². The molecule has 1 atom stereocenters. The molecule has 1 saturated heterocycles. The van der Waals surface area contributed by atoms with Gasteiger partial charge in [0, 0.05) is 19.5 Å². The van der Waals surface area contributed by atoms with Gasteiger partial charge in [-0.1, -0.05) is 0 Å². The van der Waals surface area contributed by atoms with Crippen molar-refractivity contribution in [2.24, 2.45) is 5.41 Å². The number of rotatable bonds is 2. The minimum absolute atomic E-state index is 0.0261. The lowest BCUT2D eigenvalue weighted by Crippen LogP contribution is -2.47. The Morgan fingerprint density at radius 2 is 2.00 bits per heavy atom. The lowest BCUT2D eigenvalue weighted by atomic mass is 9.83. The molecule has 0 bridgehead atoms. The average Bonchev–Trinajstić information content (AvgIpc) is 2.51. The van der Waals surface area contributed by atoms with Gasteiger partial charge in [-0.25, -0.2) is 0 Å². The van der Waals surface area contributed by atoms with E-state index in [2.05, 4.69) is 0 Å². The second-order valence-corrected chi connectivity index (χ2v) is 4.40. The molecule has 1 unspecified atom stereocenters. The van der Waals surface area contributed by atoms with Crippen molar-refractivity contribution in [3.63, 3.8) is 0 Å². The number of carboxylic acid groups (broad SMARTS) is 1. The summed E-state index contributed by atoms with van der Waals surface area (Å²) in [7, 11) is 0. The van der Waals surface area contributed by atoms with Gasteiger partial charge >= 0.3 is 5.97 Å². The molecule has 1 fully saturated rings. The van der Waals surface area contributed by atoms with Gasteiger partial charge in [0.15, 0.2) is 0 Å². The Hall–Kier alpha value is -1.06. The summed E-state index contributed by atoms with van der Waals surface area (Å²) in [5.41, 5.74) is -0.845. The van der Waals surface area contributed by atoms with Gasteiger partial charge in [0.05, 0.1) is 5.41 Å². The predicted molar refractivity (Wildman–Crippen MR) is 51.8 cm³/mol. The summed E-state index contributed by atoms with van der Waals surface area (Å²) in [5, 5.41) is 9.06. The zero-order chi connectivity index (χ0) is 10.9. The van der Waals surface area contributed by atoms with E-state index in [1.807, 2.05) is 0 Å². The van der Waals surface area contributed by atoms with Crippen molar-refractivity contribution < 1.29 is 14.7 Å². The molecule has 4 nitrogen and oxygen atoms in total. The second-order valence-electron chi connectivity index (χ2n) is 4.40. The quantitative estimate of drug-likeness (QED) is 0.724. The maximum absolute atomic E-state index is 11.3. The van der Waals surface area contributed by atoms with Gasteiger partial charge < -0.3 is 10.0 Å². The van der Waals surface area contributed by atoms with E-state index in [0.717, 1.165) is 12.8 Å². The van der Waals surface area contributed by atoms with Crippen molar-refractivity contribution in [3.8, 4) is 0 Å². The third-order valence-corrected chi connectivity index (χ3v) is 3.04. The first-order valence-corrected chi connectivity index (χ1v) is 4.88. The van der Waals surface area contributed by atoms with E-state index in [-0.39, 0.29) is 11.9 Å². The van der Waals surface area contributed by atoms with Gasteiger partial charge in [-0.15, -0.1) is 0 Å². The van der Waals surface area contributed by atoms with Crippen LogP contribution >= 0.6 is 0 Å². The summed E-state index contributed by atoms with van der Waals surface area (Å²) in [4.78, 5) is 24.0. The van der Waals surface area contributed by atoms with Crippen LogP contribution in [0.5, 0.6) is 0 Å². The molecular weight excluding hydrogens is 182 g/mol. The Morgan fingerprint density at radius 3 is 2.43 bits per heavy atom. The molecule has 1 heterocycles. The van der Waals surface area contributed by atoms with Crippen LogP contribution in [0.1, 0.15) is 33.6 Å².